The van der Waals surface area contributed by atoms with Gasteiger partial charge in [-0.25, -0.2) is 4.39 Å². The van der Waals surface area contributed by atoms with E-state index in [-0.39, 0.29) is 17.1 Å². The molecule has 1 saturated heterocycles. The van der Waals surface area contributed by atoms with Crippen LogP contribution in [0.1, 0.15) is 67.8 Å². The molecule has 1 heterocycles. The SMILES string of the molecule is CCCN(C)CC1(O)CCC2(CCN(C(=O)c3ccc(C)c(F)c3)CC2)CC1. The molecule has 156 valence electrons. The summed E-state index contributed by atoms with van der Waals surface area (Å²) < 4.78 is 13.8. The summed E-state index contributed by atoms with van der Waals surface area (Å²) in [7, 11) is 2.09. The lowest BCUT2D eigenvalue weighted by atomic mass is 9.64. The number of aryl methyl sites for hydroxylation is 1. The first-order valence-corrected chi connectivity index (χ1v) is 10.7. The smallest absolute Gasteiger partial charge is 0.253 e. The Balaban J connectivity index is 1.54. The van der Waals surface area contributed by atoms with E-state index < -0.39 is 5.60 Å². The molecule has 3 rings (SSSR count). The third-order valence-corrected chi connectivity index (χ3v) is 6.94. The number of amides is 1. The van der Waals surface area contributed by atoms with E-state index in [0.717, 1.165) is 71.1 Å². The van der Waals surface area contributed by atoms with Crippen molar-refractivity contribution in [2.75, 3.05) is 33.2 Å². The maximum Gasteiger partial charge on any atom is 0.253 e. The standard InChI is InChI=1S/C23H35FN2O2/c1-4-13-25(3)17-23(28)9-7-22(8-10-23)11-14-26(15-12-22)21(27)19-6-5-18(2)20(24)16-19/h5-6,16,28H,4,7-15,17H2,1-3H3. The minimum absolute atomic E-state index is 0.0674. The minimum atomic E-state index is -0.568. The number of aliphatic hydroxyl groups is 1. The van der Waals surface area contributed by atoms with Gasteiger partial charge in [0, 0.05) is 25.2 Å². The van der Waals surface area contributed by atoms with Gasteiger partial charge in [0.25, 0.3) is 5.91 Å². The topological polar surface area (TPSA) is 43.8 Å². The van der Waals surface area contributed by atoms with Crippen molar-refractivity contribution in [1.29, 1.82) is 0 Å². The van der Waals surface area contributed by atoms with Crippen molar-refractivity contribution in [2.45, 2.75) is 64.4 Å². The first-order valence-electron chi connectivity index (χ1n) is 10.7. The van der Waals surface area contributed by atoms with Crippen molar-refractivity contribution in [3.63, 3.8) is 0 Å². The summed E-state index contributed by atoms with van der Waals surface area (Å²) in [6.07, 6.45) is 6.82. The van der Waals surface area contributed by atoms with Crippen LogP contribution in [0.5, 0.6) is 0 Å². The normalized spacial score (nSPS) is 21.3. The highest BCUT2D eigenvalue weighted by molar-refractivity contribution is 5.94. The summed E-state index contributed by atoms with van der Waals surface area (Å²) in [5.74, 6) is -0.388. The fourth-order valence-electron chi connectivity index (χ4n) is 4.96. The van der Waals surface area contributed by atoms with Crippen LogP contribution >= 0.6 is 0 Å². The van der Waals surface area contributed by atoms with E-state index in [1.807, 2.05) is 4.90 Å². The van der Waals surface area contributed by atoms with Gasteiger partial charge in [-0.2, -0.15) is 0 Å². The zero-order chi connectivity index (χ0) is 20.4. The van der Waals surface area contributed by atoms with Crippen LogP contribution in [-0.4, -0.2) is 59.6 Å². The van der Waals surface area contributed by atoms with E-state index in [1.165, 1.54) is 6.07 Å². The average Bonchev–Trinajstić information content (AvgIpc) is 2.67. The summed E-state index contributed by atoms with van der Waals surface area (Å²) in [4.78, 5) is 16.8. The highest BCUT2D eigenvalue weighted by Gasteiger charge is 2.44. The molecule has 0 unspecified atom stereocenters. The molecule has 1 aromatic carbocycles. The van der Waals surface area contributed by atoms with Crippen molar-refractivity contribution >= 4 is 5.91 Å². The van der Waals surface area contributed by atoms with Crippen LogP contribution in [0.2, 0.25) is 0 Å². The molecule has 1 amide bonds. The highest BCUT2D eigenvalue weighted by atomic mass is 19.1. The predicted octanol–water partition coefficient (Wildman–Crippen LogP) is 4.00. The number of likely N-dealkylation sites (N-methyl/N-ethyl adjacent to an activating group) is 1. The fourth-order valence-corrected chi connectivity index (χ4v) is 4.96. The molecule has 2 aliphatic rings. The average molecular weight is 391 g/mol. The number of carbonyl (C=O) groups excluding carboxylic acids is 1. The summed E-state index contributed by atoms with van der Waals surface area (Å²) in [6, 6.07) is 4.75. The second-order valence-corrected chi connectivity index (χ2v) is 9.22. The largest absolute Gasteiger partial charge is 0.389 e. The molecular formula is C23H35FN2O2. The Labute approximate surface area is 168 Å². The van der Waals surface area contributed by atoms with Crippen LogP contribution in [0, 0.1) is 18.2 Å². The Morgan fingerprint density at radius 1 is 1.18 bits per heavy atom. The third-order valence-electron chi connectivity index (χ3n) is 6.94. The molecule has 1 spiro atoms. The van der Waals surface area contributed by atoms with Gasteiger partial charge >= 0.3 is 0 Å². The lowest BCUT2D eigenvalue weighted by Crippen LogP contribution is -2.50. The third kappa shape index (κ3) is 4.74. The summed E-state index contributed by atoms with van der Waals surface area (Å²) in [5.41, 5.74) is 0.691. The van der Waals surface area contributed by atoms with E-state index in [4.69, 9.17) is 0 Å². The molecule has 0 aromatic heterocycles. The number of halogens is 1. The molecular weight excluding hydrogens is 355 g/mol. The van der Waals surface area contributed by atoms with Gasteiger partial charge in [-0.1, -0.05) is 13.0 Å². The highest BCUT2D eigenvalue weighted by Crippen LogP contribution is 2.47. The van der Waals surface area contributed by atoms with Gasteiger partial charge in [-0.05, 0) is 88.6 Å². The van der Waals surface area contributed by atoms with Gasteiger partial charge < -0.3 is 14.9 Å². The van der Waals surface area contributed by atoms with Gasteiger partial charge in [0.2, 0.25) is 0 Å². The van der Waals surface area contributed by atoms with E-state index in [9.17, 15) is 14.3 Å². The number of hydrogen-bond acceptors (Lipinski definition) is 3. The van der Waals surface area contributed by atoms with Crippen molar-refractivity contribution in [3.05, 3.63) is 35.1 Å². The second-order valence-electron chi connectivity index (χ2n) is 9.22. The van der Waals surface area contributed by atoms with Crippen LogP contribution < -0.4 is 0 Å². The Hall–Kier alpha value is -1.46. The van der Waals surface area contributed by atoms with E-state index in [1.54, 1.807) is 19.1 Å². The number of likely N-dealkylation sites (tertiary alicyclic amines) is 1. The molecule has 0 radical (unpaired) electrons. The Morgan fingerprint density at radius 3 is 2.39 bits per heavy atom. The Kier molecular flexibility index (Phi) is 6.45. The Morgan fingerprint density at radius 2 is 1.82 bits per heavy atom. The van der Waals surface area contributed by atoms with Crippen LogP contribution in [0.25, 0.3) is 0 Å². The molecule has 1 N–H and O–H groups in total. The summed E-state index contributed by atoms with van der Waals surface area (Å²) >= 11 is 0. The molecule has 0 bridgehead atoms. The molecule has 1 aliphatic heterocycles. The van der Waals surface area contributed by atoms with Gasteiger partial charge in [0.05, 0.1) is 5.60 Å². The van der Waals surface area contributed by atoms with Crippen molar-refractivity contribution in [1.82, 2.24) is 9.80 Å². The van der Waals surface area contributed by atoms with Gasteiger partial charge in [-0.3, -0.25) is 4.79 Å². The van der Waals surface area contributed by atoms with E-state index >= 15 is 0 Å². The molecule has 2 fully saturated rings. The number of piperidine rings is 1. The van der Waals surface area contributed by atoms with Crippen LogP contribution in [0.4, 0.5) is 4.39 Å². The maximum absolute atomic E-state index is 13.8. The first-order chi connectivity index (χ1) is 13.3. The maximum atomic E-state index is 13.8. The van der Waals surface area contributed by atoms with Crippen LogP contribution in [0.15, 0.2) is 18.2 Å². The molecule has 0 atom stereocenters. The summed E-state index contributed by atoms with van der Waals surface area (Å²) in [6.45, 7) is 7.09. The lowest BCUT2D eigenvalue weighted by molar-refractivity contribution is -0.0643. The number of carbonyl (C=O) groups is 1. The van der Waals surface area contributed by atoms with Crippen molar-refractivity contribution < 1.29 is 14.3 Å². The van der Waals surface area contributed by atoms with Crippen molar-refractivity contribution in [2.24, 2.45) is 5.41 Å². The zero-order valence-electron chi connectivity index (χ0n) is 17.6. The lowest BCUT2D eigenvalue weighted by Gasteiger charge is -2.49. The fraction of sp³-hybridized carbons (Fsp3) is 0.696. The van der Waals surface area contributed by atoms with Crippen molar-refractivity contribution in [3.8, 4) is 0 Å². The minimum Gasteiger partial charge on any atom is -0.389 e. The molecule has 1 aliphatic carbocycles. The summed E-state index contributed by atoms with van der Waals surface area (Å²) in [5, 5.41) is 11.0. The predicted molar refractivity (Wildman–Crippen MR) is 110 cm³/mol. The van der Waals surface area contributed by atoms with E-state index in [0.29, 0.717) is 11.1 Å². The number of benzene rings is 1. The van der Waals surface area contributed by atoms with Crippen LogP contribution in [0.3, 0.4) is 0 Å². The molecule has 28 heavy (non-hydrogen) atoms. The molecule has 1 aromatic rings. The first kappa shape index (κ1) is 21.3. The Bertz CT molecular complexity index is 688. The molecule has 4 nitrogen and oxygen atoms in total. The zero-order valence-corrected chi connectivity index (χ0v) is 17.6. The number of nitrogens with zero attached hydrogens (tertiary/aromatic N) is 2. The van der Waals surface area contributed by atoms with E-state index in [2.05, 4.69) is 18.9 Å². The van der Waals surface area contributed by atoms with Gasteiger partial charge in [0.1, 0.15) is 5.82 Å². The monoisotopic (exact) mass is 390 g/mol. The molecule has 5 heteroatoms. The molecule has 1 saturated carbocycles. The number of rotatable bonds is 5. The van der Waals surface area contributed by atoms with Gasteiger partial charge in [0.15, 0.2) is 0 Å². The van der Waals surface area contributed by atoms with Gasteiger partial charge in [-0.15, -0.1) is 0 Å². The second kappa shape index (κ2) is 8.50. The number of hydrogen-bond donors (Lipinski definition) is 1. The quantitative estimate of drug-likeness (QED) is 0.826. The van der Waals surface area contributed by atoms with Crippen LogP contribution in [-0.2, 0) is 0 Å².